The maximum Gasteiger partial charge on any atom is 0.223 e. The van der Waals surface area contributed by atoms with Gasteiger partial charge in [-0.3, -0.25) is 4.79 Å². The van der Waals surface area contributed by atoms with Gasteiger partial charge in [0.1, 0.15) is 0 Å². The summed E-state index contributed by atoms with van der Waals surface area (Å²) in [6.07, 6.45) is 5.08. The number of hydrogen-bond acceptors (Lipinski definition) is 2. The second kappa shape index (κ2) is 6.18. The number of hydrogen-bond donors (Lipinski definition) is 2. The van der Waals surface area contributed by atoms with Crippen LogP contribution in [-0.4, -0.2) is 23.7 Å². The molecule has 21 heavy (non-hydrogen) atoms. The van der Waals surface area contributed by atoms with Gasteiger partial charge >= 0.3 is 0 Å². The molecule has 0 bridgehead atoms. The highest BCUT2D eigenvalue weighted by Crippen LogP contribution is 2.48. The molecule has 0 heterocycles. The van der Waals surface area contributed by atoms with E-state index in [1.807, 2.05) is 0 Å². The van der Waals surface area contributed by atoms with Crippen molar-refractivity contribution in [3.05, 3.63) is 35.4 Å². The summed E-state index contributed by atoms with van der Waals surface area (Å²) in [6, 6.07) is 8.71. The van der Waals surface area contributed by atoms with Crippen LogP contribution in [-0.2, 0) is 4.79 Å². The van der Waals surface area contributed by atoms with Gasteiger partial charge in [-0.25, -0.2) is 0 Å². The average molecular weight is 287 g/mol. The Morgan fingerprint density at radius 2 is 1.95 bits per heavy atom. The fraction of sp³-hybridized carbons (Fsp3) is 0.611. The first-order chi connectivity index (χ1) is 10.2. The second-order valence-electron chi connectivity index (χ2n) is 6.71. The van der Waals surface area contributed by atoms with E-state index in [4.69, 9.17) is 5.11 Å². The molecular weight excluding hydrogens is 262 g/mol. The molecule has 1 amide bonds. The summed E-state index contributed by atoms with van der Waals surface area (Å²) in [5, 5.41) is 12.4. The van der Waals surface area contributed by atoms with Crippen molar-refractivity contribution in [1.82, 2.24) is 5.32 Å². The Labute approximate surface area is 126 Å². The third-order valence-corrected chi connectivity index (χ3v) is 5.17. The van der Waals surface area contributed by atoms with Crippen molar-refractivity contribution < 1.29 is 9.90 Å². The van der Waals surface area contributed by atoms with E-state index < -0.39 is 0 Å². The van der Waals surface area contributed by atoms with E-state index >= 15 is 0 Å². The molecule has 114 valence electrons. The first-order valence-electron chi connectivity index (χ1n) is 8.15. The lowest BCUT2D eigenvalue weighted by molar-refractivity contribution is -0.123. The number of amides is 1. The highest BCUT2D eigenvalue weighted by molar-refractivity contribution is 5.83. The third-order valence-electron chi connectivity index (χ3n) is 5.17. The molecule has 2 saturated carbocycles. The summed E-state index contributed by atoms with van der Waals surface area (Å²) >= 11 is 0. The molecule has 2 unspecified atom stereocenters. The van der Waals surface area contributed by atoms with Crippen LogP contribution in [0.2, 0.25) is 0 Å². The molecule has 1 aromatic rings. The van der Waals surface area contributed by atoms with Crippen LogP contribution in [0.1, 0.15) is 49.1 Å². The zero-order valence-electron chi connectivity index (χ0n) is 12.7. The molecule has 3 heteroatoms. The molecule has 3 rings (SSSR count). The number of aryl methyl sites for hydroxylation is 1. The summed E-state index contributed by atoms with van der Waals surface area (Å²) in [5.74, 6) is 1.26. The number of carbonyl (C=O) groups excluding carboxylic acids is 1. The number of rotatable bonds is 4. The fourth-order valence-corrected chi connectivity index (χ4v) is 3.63. The molecule has 0 aromatic heterocycles. The normalized spacial score (nSPS) is 31.7. The van der Waals surface area contributed by atoms with Crippen LogP contribution in [0.4, 0.5) is 0 Å². The van der Waals surface area contributed by atoms with Crippen LogP contribution in [0.15, 0.2) is 24.3 Å². The molecule has 0 aliphatic heterocycles. The molecule has 0 radical (unpaired) electrons. The van der Waals surface area contributed by atoms with Gasteiger partial charge in [0.25, 0.3) is 0 Å². The molecule has 2 aliphatic rings. The number of aliphatic hydroxyl groups is 1. The maximum atomic E-state index is 12.4. The van der Waals surface area contributed by atoms with Crippen molar-refractivity contribution in [1.29, 1.82) is 0 Å². The van der Waals surface area contributed by atoms with Crippen LogP contribution in [0.5, 0.6) is 0 Å². The lowest BCUT2D eigenvalue weighted by atomic mass is 9.86. The van der Waals surface area contributed by atoms with E-state index in [9.17, 15) is 4.79 Å². The molecule has 1 aromatic carbocycles. The first-order valence-corrected chi connectivity index (χ1v) is 8.15. The zero-order chi connectivity index (χ0) is 14.8. The minimum absolute atomic E-state index is 0.168. The topological polar surface area (TPSA) is 49.3 Å². The Morgan fingerprint density at radius 3 is 2.62 bits per heavy atom. The molecule has 2 fully saturated rings. The Morgan fingerprint density at radius 1 is 1.24 bits per heavy atom. The number of benzene rings is 1. The molecule has 2 atom stereocenters. The molecule has 3 nitrogen and oxygen atoms in total. The summed E-state index contributed by atoms with van der Waals surface area (Å²) in [7, 11) is 0. The summed E-state index contributed by atoms with van der Waals surface area (Å²) in [4.78, 5) is 12.4. The smallest absolute Gasteiger partial charge is 0.223 e. The van der Waals surface area contributed by atoms with E-state index in [-0.39, 0.29) is 11.8 Å². The summed E-state index contributed by atoms with van der Waals surface area (Å²) < 4.78 is 0. The van der Waals surface area contributed by atoms with E-state index in [0.29, 0.717) is 24.5 Å². The van der Waals surface area contributed by atoms with Crippen molar-refractivity contribution in [2.24, 2.45) is 11.8 Å². The van der Waals surface area contributed by atoms with Gasteiger partial charge in [0.2, 0.25) is 5.91 Å². The summed E-state index contributed by atoms with van der Waals surface area (Å²) in [5.41, 5.74) is 2.63. The zero-order valence-corrected chi connectivity index (χ0v) is 12.7. The highest BCUT2D eigenvalue weighted by Gasteiger charge is 2.44. The van der Waals surface area contributed by atoms with Gasteiger partial charge in [0.15, 0.2) is 0 Å². The Hall–Kier alpha value is -1.35. The molecular formula is C18H25NO2. The number of carbonyl (C=O) groups is 1. The molecule has 0 saturated heterocycles. The van der Waals surface area contributed by atoms with Crippen molar-refractivity contribution in [2.45, 2.75) is 51.0 Å². The van der Waals surface area contributed by atoms with E-state index in [1.165, 1.54) is 11.1 Å². The third kappa shape index (κ3) is 3.29. The monoisotopic (exact) mass is 287 g/mol. The lowest BCUT2D eigenvalue weighted by Gasteiger charge is -2.28. The molecule has 2 aliphatic carbocycles. The van der Waals surface area contributed by atoms with Crippen molar-refractivity contribution in [3.63, 3.8) is 0 Å². The van der Waals surface area contributed by atoms with Crippen LogP contribution in [0, 0.1) is 18.8 Å². The van der Waals surface area contributed by atoms with Gasteiger partial charge in [0.05, 0.1) is 0 Å². The highest BCUT2D eigenvalue weighted by atomic mass is 16.3. The SMILES string of the molecule is Cc1ccccc1C1CC1C(=O)NC1CCC(CO)CC1. The fourth-order valence-electron chi connectivity index (χ4n) is 3.63. The van der Waals surface area contributed by atoms with E-state index in [2.05, 4.69) is 36.5 Å². The number of nitrogens with one attached hydrogen (secondary N) is 1. The number of aliphatic hydroxyl groups excluding tert-OH is 1. The van der Waals surface area contributed by atoms with Gasteiger partial charge in [-0.05, 0) is 62.0 Å². The Balaban J connectivity index is 1.51. The average Bonchev–Trinajstić information content (AvgIpc) is 3.29. The van der Waals surface area contributed by atoms with E-state index in [1.54, 1.807) is 0 Å². The maximum absolute atomic E-state index is 12.4. The van der Waals surface area contributed by atoms with Gasteiger partial charge in [0, 0.05) is 18.6 Å². The van der Waals surface area contributed by atoms with Crippen LogP contribution >= 0.6 is 0 Å². The predicted molar refractivity (Wildman–Crippen MR) is 83.0 cm³/mol. The molecule has 2 N–H and O–H groups in total. The second-order valence-corrected chi connectivity index (χ2v) is 6.71. The van der Waals surface area contributed by atoms with Gasteiger partial charge in [-0.15, -0.1) is 0 Å². The van der Waals surface area contributed by atoms with Gasteiger partial charge in [-0.1, -0.05) is 24.3 Å². The minimum Gasteiger partial charge on any atom is -0.396 e. The minimum atomic E-state index is 0.168. The van der Waals surface area contributed by atoms with Gasteiger partial charge < -0.3 is 10.4 Å². The summed E-state index contributed by atoms with van der Waals surface area (Å²) in [6.45, 7) is 2.41. The van der Waals surface area contributed by atoms with Crippen LogP contribution in [0.25, 0.3) is 0 Å². The van der Waals surface area contributed by atoms with Crippen molar-refractivity contribution in [3.8, 4) is 0 Å². The van der Waals surface area contributed by atoms with E-state index in [0.717, 1.165) is 32.1 Å². The molecule has 0 spiro atoms. The van der Waals surface area contributed by atoms with Crippen molar-refractivity contribution in [2.75, 3.05) is 6.61 Å². The standard InChI is InChI=1S/C18H25NO2/c1-12-4-2-3-5-15(12)16-10-17(16)18(21)19-14-8-6-13(11-20)7-9-14/h2-5,13-14,16-17,20H,6-11H2,1H3,(H,19,21). The van der Waals surface area contributed by atoms with Crippen molar-refractivity contribution >= 4 is 5.91 Å². The Bertz CT molecular complexity index is 506. The Kier molecular flexibility index (Phi) is 4.29. The van der Waals surface area contributed by atoms with Crippen LogP contribution in [0.3, 0.4) is 0 Å². The van der Waals surface area contributed by atoms with Crippen LogP contribution < -0.4 is 5.32 Å². The largest absolute Gasteiger partial charge is 0.396 e. The lowest BCUT2D eigenvalue weighted by Crippen LogP contribution is -2.39. The quantitative estimate of drug-likeness (QED) is 0.894. The predicted octanol–water partition coefficient (Wildman–Crippen LogP) is 2.77. The first kappa shape index (κ1) is 14.6. The van der Waals surface area contributed by atoms with Gasteiger partial charge in [-0.2, -0.15) is 0 Å².